The van der Waals surface area contributed by atoms with Crippen molar-refractivity contribution in [2.75, 3.05) is 11.9 Å². The van der Waals surface area contributed by atoms with Gasteiger partial charge in [0.05, 0.1) is 17.4 Å². The number of hydrogen-bond donors (Lipinski definition) is 2. The van der Waals surface area contributed by atoms with Crippen molar-refractivity contribution in [2.45, 2.75) is 45.2 Å². The molecule has 4 rings (SSSR count). The van der Waals surface area contributed by atoms with Crippen LogP contribution in [-0.4, -0.2) is 28.2 Å². The van der Waals surface area contributed by atoms with Crippen LogP contribution in [0.25, 0.3) is 0 Å². The van der Waals surface area contributed by atoms with Crippen LogP contribution >= 0.6 is 0 Å². The fraction of sp³-hybridized carbons (Fsp3) is 0.421. The molecule has 2 amide bonds. The van der Waals surface area contributed by atoms with Crippen molar-refractivity contribution in [2.24, 2.45) is 0 Å². The zero-order valence-electron chi connectivity index (χ0n) is 14.9. The van der Waals surface area contributed by atoms with Crippen molar-refractivity contribution < 1.29 is 14.3 Å². The van der Waals surface area contributed by atoms with Crippen LogP contribution in [0.15, 0.2) is 24.4 Å². The van der Waals surface area contributed by atoms with Crippen LogP contribution in [0.5, 0.6) is 5.75 Å². The Morgan fingerprint density at radius 1 is 1.42 bits per heavy atom. The highest BCUT2D eigenvalue weighted by Gasteiger charge is 2.26. The Balaban J connectivity index is 1.53. The van der Waals surface area contributed by atoms with E-state index in [1.807, 2.05) is 4.68 Å². The first-order valence-electron chi connectivity index (χ1n) is 8.97. The van der Waals surface area contributed by atoms with E-state index in [0.29, 0.717) is 23.0 Å². The van der Waals surface area contributed by atoms with E-state index in [1.165, 1.54) is 5.56 Å². The summed E-state index contributed by atoms with van der Waals surface area (Å²) in [5.41, 5.74) is 3.29. The molecule has 0 fully saturated rings. The summed E-state index contributed by atoms with van der Waals surface area (Å²) in [6.45, 7) is 4.16. The molecular formula is C19H22N4O3. The highest BCUT2D eigenvalue weighted by Crippen LogP contribution is 2.31. The maximum atomic E-state index is 12.7. The molecule has 2 aliphatic rings. The molecule has 1 aliphatic carbocycles. The molecule has 1 aromatic heterocycles. The summed E-state index contributed by atoms with van der Waals surface area (Å²) in [5, 5.41) is 10.5. The standard InChI is InChI=1S/C19H22N4O3/c1-11(2)23-9-13-4-3-5-15(18(13)22-23)21-19(25)12-6-7-14-16(8-12)26-10-17(24)20-14/h6-9,11,15H,3-5,10H2,1-2H3,(H,20,24)(H,21,25)/t15-/m0/s1. The number of nitrogens with one attached hydrogen (secondary N) is 2. The zero-order chi connectivity index (χ0) is 18.3. The number of aryl methyl sites for hydroxylation is 1. The summed E-state index contributed by atoms with van der Waals surface area (Å²) < 4.78 is 7.36. The van der Waals surface area contributed by atoms with Crippen LogP contribution in [0, 0.1) is 0 Å². The predicted octanol–water partition coefficient (Wildman–Crippen LogP) is 2.60. The number of anilines is 1. The van der Waals surface area contributed by atoms with Crippen molar-refractivity contribution in [1.82, 2.24) is 15.1 Å². The SMILES string of the molecule is CC(C)n1cc2c(n1)[C@@H](NC(=O)c1ccc3c(c1)OCC(=O)N3)CCC2. The number of nitrogens with zero attached hydrogens (tertiary/aromatic N) is 2. The summed E-state index contributed by atoms with van der Waals surface area (Å²) in [5.74, 6) is 0.168. The Morgan fingerprint density at radius 3 is 3.08 bits per heavy atom. The van der Waals surface area contributed by atoms with Gasteiger partial charge in [0.1, 0.15) is 5.75 Å². The minimum atomic E-state index is -0.190. The largest absolute Gasteiger partial charge is 0.482 e. The van der Waals surface area contributed by atoms with Crippen molar-refractivity contribution >= 4 is 17.5 Å². The Kier molecular flexibility index (Phi) is 4.14. The topological polar surface area (TPSA) is 85.2 Å². The summed E-state index contributed by atoms with van der Waals surface area (Å²) in [7, 11) is 0. The van der Waals surface area contributed by atoms with Crippen molar-refractivity contribution in [1.29, 1.82) is 0 Å². The smallest absolute Gasteiger partial charge is 0.262 e. The van der Waals surface area contributed by atoms with Crippen LogP contribution < -0.4 is 15.4 Å². The Morgan fingerprint density at radius 2 is 2.27 bits per heavy atom. The quantitative estimate of drug-likeness (QED) is 0.887. The lowest BCUT2D eigenvalue weighted by molar-refractivity contribution is -0.118. The fourth-order valence-electron chi connectivity index (χ4n) is 3.43. The number of ether oxygens (including phenoxy) is 1. The third kappa shape index (κ3) is 3.05. The van der Waals surface area contributed by atoms with Crippen molar-refractivity contribution in [3.8, 4) is 5.75 Å². The van der Waals surface area contributed by atoms with Crippen LogP contribution in [-0.2, 0) is 11.2 Å². The minimum Gasteiger partial charge on any atom is -0.482 e. The first-order valence-corrected chi connectivity index (χ1v) is 8.97. The van der Waals surface area contributed by atoms with E-state index in [4.69, 9.17) is 4.74 Å². The van der Waals surface area contributed by atoms with E-state index in [9.17, 15) is 9.59 Å². The highest BCUT2D eigenvalue weighted by atomic mass is 16.5. The minimum absolute atomic E-state index is 0.0311. The molecule has 2 aromatic rings. The molecule has 0 unspecified atom stereocenters. The van der Waals surface area contributed by atoms with Crippen molar-refractivity contribution in [3.05, 3.63) is 41.2 Å². The van der Waals surface area contributed by atoms with Gasteiger partial charge in [-0.15, -0.1) is 0 Å². The molecule has 0 saturated carbocycles. The number of aromatic nitrogens is 2. The van der Waals surface area contributed by atoms with Gasteiger partial charge in [-0.3, -0.25) is 14.3 Å². The molecule has 2 N–H and O–H groups in total. The summed E-state index contributed by atoms with van der Waals surface area (Å²) >= 11 is 0. The van der Waals surface area contributed by atoms with E-state index in [2.05, 4.69) is 35.8 Å². The van der Waals surface area contributed by atoms with Crippen LogP contribution in [0.1, 0.15) is 60.4 Å². The second kappa shape index (κ2) is 6.48. The molecule has 1 aromatic carbocycles. The second-order valence-corrected chi connectivity index (χ2v) is 7.08. The number of benzene rings is 1. The van der Waals surface area contributed by atoms with Gasteiger partial charge < -0.3 is 15.4 Å². The van der Waals surface area contributed by atoms with Crippen LogP contribution in [0.3, 0.4) is 0 Å². The fourth-order valence-corrected chi connectivity index (χ4v) is 3.43. The van der Waals surface area contributed by atoms with E-state index < -0.39 is 0 Å². The molecule has 2 heterocycles. The number of amides is 2. The van der Waals surface area contributed by atoms with Crippen molar-refractivity contribution in [3.63, 3.8) is 0 Å². The molecule has 0 spiro atoms. The molecule has 26 heavy (non-hydrogen) atoms. The van der Waals surface area contributed by atoms with Crippen LogP contribution in [0.2, 0.25) is 0 Å². The van der Waals surface area contributed by atoms with E-state index >= 15 is 0 Å². The monoisotopic (exact) mass is 354 g/mol. The number of fused-ring (bicyclic) bond motifs is 2. The summed E-state index contributed by atoms with van der Waals surface area (Å²) in [4.78, 5) is 24.1. The lowest BCUT2D eigenvalue weighted by atomic mass is 9.93. The molecule has 0 radical (unpaired) electrons. The van der Waals surface area contributed by atoms with Gasteiger partial charge in [0.25, 0.3) is 11.8 Å². The van der Waals surface area contributed by atoms with Gasteiger partial charge >= 0.3 is 0 Å². The predicted molar refractivity (Wildman–Crippen MR) is 96.3 cm³/mol. The van der Waals surface area contributed by atoms with Crippen LogP contribution in [0.4, 0.5) is 5.69 Å². The molecule has 0 saturated heterocycles. The number of rotatable bonds is 3. The maximum Gasteiger partial charge on any atom is 0.262 e. The Labute approximate surface area is 151 Å². The van der Waals surface area contributed by atoms with Gasteiger partial charge in [-0.05, 0) is 56.9 Å². The lowest BCUT2D eigenvalue weighted by Gasteiger charge is -2.23. The third-order valence-corrected chi connectivity index (χ3v) is 4.82. The lowest BCUT2D eigenvalue weighted by Crippen LogP contribution is -2.31. The first-order chi connectivity index (χ1) is 12.5. The molecular weight excluding hydrogens is 332 g/mol. The summed E-state index contributed by atoms with van der Waals surface area (Å²) in [6, 6.07) is 5.27. The first kappa shape index (κ1) is 16.6. The Bertz CT molecular complexity index is 872. The molecule has 0 bridgehead atoms. The van der Waals surface area contributed by atoms with Gasteiger partial charge in [-0.25, -0.2) is 0 Å². The highest BCUT2D eigenvalue weighted by molar-refractivity contribution is 5.99. The zero-order valence-corrected chi connectivity index (χ0v) is 14.9. The number of carbonyl (C=O) groups excluding carboxylic acids is 2. The van der Waals surface area contributed by atoms with E-state index in [-0.39, 0.29) is 24.5 Å². The number of carbonyl (C=O) groups is 2. The number of hydrogen-bond acceptors (Lipinski definition) is 4. The molecule has 7 heteroatoms. The van der Waals surface area contributed by atoms with Gasteiger partial charge in [0.15, 0.2) is 6.61 Å². The average Bonchev–Trinajstić information content (AvgIpc) is 3.07. The van der Waals surface area contributed by atoms with E-state index in [0.717, 1.165) is 25.0 Å². The Hall–Kier alpha value is -2.83. The molecule has 1 aliphatic heterocycles. The average molecular weight is 354 g/mol. The van der Waals surface area contributed by atoms with Gasteiger partial charge in [0.2, 0.25) is 0 Å². The molecule has 1 atom stereocenters. The second-order valence-electron chi connectivity index (χ2n) is 7.08. The molecule has 7 nitrogen and oxygen atoms in total. The van der Waals surface area contributed by atoms with Gasteiger partial charge in [-0.2, -0.15) is 5.10 Å². The molecule has 136 valence electrons. The maximum absolute atomic E-state index is 12.7. The third-order valence-electron chi connectivity index (χ3n) is 4.82. The summed E-state index contributed by atoms with van der Waals surface area (Å²) in [6.07, 6.45) is 5.00. The van der Waals surface area contributed by atoms with Gasteiger partial charge in [-0.1, -0.05) is 0 Å². The van der Waals surface area contributed by atoms with E-state index in [1.54, 1.807) is 18.2 Å². The normalized spacial score (nSPS) is 18.6. The van der Waals surface area contributed by atoms with Gasteiger partial charge in [0, 0.05) is 17.8 Å².